The lowest BCUT2D eigenvalue weighted by Crippen LogP contribution is -2.38. The number of aryl methyl sites for hydroxylation is 1. The number of sulfone groups is 1. The van der Waals surface area contributed by atoms with Crippen molar-refractivity contribution in [2.45, 2.75) is 24.5 Å². The third kappa shape index (κ3) is 4.84. The fourth-order valence-corrected chi connectivity index (χ4v) is 6.46. The fraction of sp³-hybridized carbons (Fsp3) is 0.318. The van der Waals surface area contributed by atoms with Gasteiger partial charge in [-0.15, -0.1) is 10.2 Å². The molecule has 1 aliphatic heterocycles. The molecule has 168 valence electrons. The summed E-state index contributed by atoms with van der Waals surface area (Å²) in [5, 5.41) is 9.98. The van der Waals surface area contributed by atoms with Crippen molar-refractivity contribution in [2.24, 2.45) is 0 Å². The summed E-state index contributed by atoms with van der Waals surface area (Å²) >= 11 is 7.33. The molecule has 1 amide bonds. The molecule has 0 unspecified atom stereocenters. The van der Waals surface area contributed by atoms with Crippen molar-refractivity contribution >= 4 is 39.1 Å². The normalized spacial score (nSPS) is 17.4. The number of aromatic nitrogens is 3. The molecular weight excluding hydrogens is 468 g/mol. The lowest BCUT2D eigenvalue weighted by Gasteiger charge is -2.23. The highest BCUT2D eigenvalue weighted by atomic mass is 35.5. The molecule has 1 aromatic heterocycles. The van der Waals surface area contributed by atoms with Gasteiger partial charge in [-0.3, -0.25) is 9.36 Å². The maximum Gasteiger partial charge on any atom is 0.233 e. The largest absolute Gasteiger partial charge is 0.341 e. The standard InChI is InChI=1S/C22H23ClN4O3S2/c1-15-5-3-4-6-19(15)27-21(16-7-9-17(23)10-8-16)24-25-22(27)31-13-20(28)26(2)18-11-12-32(29,30)14-18/h3-10,18H,11-14H2,1-2H3/t18-/m0/s1. The Balaban J connectivity index is 1.61. The molecular formula is C22H23ClN4O3S2. The highest BCUT2D eigenvalue weighted by Gasteiger charge is 2.32. The number of nitrogens with zero attached hydrogens (tertiary/aromatic N) is 4. The van der Waals surface area contributed by atoms with E-state index in [1.54, 1.807) is 24.1 Å². The van der Waals surface area contributed by atoms with Crippen molar-refractivity contribution in [3.8, 4) is 17.1 Å². The molecule has 0 N–H and O–H groups in total. The molecule has 1 atom stereocenters. The summed E-state index contributed by atoms with van der Waals surface area (Å²) in [6, 6.07) is 15.0. The quantitative estimate of drug-likeness (QED) is 0.490. The van der Waals surface area contributed by atoms with Crippen molar-refractivity contribution in [1.29, 1.82) is 0 Å². The van der Waals surface area contributed by atoms with Gasteiger partial charge in [-0.25, -0.2) is 8.42 Å². The lowest BCUT2D eigenvalue weighted by atomic mass is 10.1. The smallest absolute Gasteiger partial charge is 0.233 e. The summed E-state index contributed by atoms with van der Waals surface area (Å²) < 4.78 is 25.5. The maximum absolute atomic E-state index is 12.8. The Morgan fingerprint density at radius 3 is 2.56 bits per heavy atom. The summed E-state index contributed by atoms with van der Waals surface area (Å²) in [5.74, 6) is 0.817. The van der Waals surface area contributed by atoms with Gasteiger partial charge in [0.25, 0.3) is 0 Å². The minimum absolute atomic E-state index is 0.0278. The second kappa shape index (κ2) is 9.25. The van der Waals surface area contributed by atoms with E-state index in [0.717, 1.165) is 16.8 Å². The van der Waals surface area contributed by atoms with Gasteiger partial charge in [-0.05, 0) is 49.2 Å². The van der Waals surface area contributed by atoms with Gasteiger partial charge in [0.05, 0.1) is 22.9 Å². The van der Waals surface area contributed by atoms with E-state index in [0.29, 0.717) is 22.4 Å². The number of hydrogen-bond acceptors (Lipinski definition) is 6. The van der Waals surface area contributed by atoms with Crippen LogP contribution in [0.2, 0.25) is 5.02 Å². The van der Waals surface area contributed by atoms with E-state index in [4.69, 9.17) is 11.6 Å². The number of rotatable bonds is 6. The second-order valence-corrected chi connectivity index (χ2v) is 11.4. The molecule has 2 heterocycles. The zero-order chi connectivity index (χ0) is 22.9. The van der Waals surface area contributed by atoms with Crippen molar-refractivity contribution in [1.82, 2.24) is 19.7 Å². The lowest BCUT2D eigenvalue weighted by molar-refractivity contribution is -0.128. The molecule has 4 rings (SSSR count). The number of para-hydroxylation sites is 1. The Hall–Kier alpha value is -2.36. The van der Waals surface area contributed by atoms with Crippen LogP contribution in [0.5, 0.6) is 0 Å². The zero-order valence-electron chi connectivity index (χ0n) is 17.7. The average molecular weight is 491 g/mol. The fourth-order valence-electron chi connectivity index (χ4n) is 3.69. The highest BCUT2D eigenvalue weighted by molar-refractivity contribution is 7.99. The van der Waals surface area contributed by atoms with Gasteiger partial charge in [-0.1, -0.05) is 41.6 Å². The molecule has 32 heavy (non-hydrogen) atoms. The third-order valence-electron chi connectivity index (χ3n) is 5.57. The van der Waals surface area contributed by atoms with E-state index in [1.807, 2.05) is 47.9 Å². The van der Waals surface area contributed by atoms with Gasteiger partial charge in [-0.2, -0.15) is 0 Å². The number of amides is 1. The van der Waals surface area contributed by atoms with Crippen LogP contribution in [-0.4, -0.2) is 64.3 Å². The summed E-state index contributed by atoms with van der Waals surface area (Å²) in [7, 11) is -1.39. The Morgan fingerprint density at radius 1 is 1.19 bits per heavy atom. The van der Waals surface area contributed by atoms with Crippen LogP contribution in [0.3, 0.4) is 0 Å². The molecule has 10 heteroatoms. The Bertz CT molecular complexity index is 1240. The molecule has 0 saturated carbocycles. The van der Waals surface area contributed by atoms with Gasteiger partial charge in [0.1, 0.15) is 0 Å². The minimum Gasteiger partial charge on any atom is -0.341 e. The van der Waals surface area contributed by atoms with E-state index in [1.165, 1.54) is 11.8 Å². The molecule has 0 radical (unpaired) electrons. The predicted molar refractivity (Wildman–Crippen MR) is 127 cm³/mol. The number of thioether (sulfide) groups is 1. The van der Waals surface area contributed by atoms with Gasteiger partial charge >= 0.3 is 0 Å². The highest BCUT2D eigenvalue weighted by Crippen LogP contribution is 2.30. The summed E-state index contributed by atoms with van der Waals surface area (Å²) in [6.07, 6.45) is 0.481. The Labute approximate surface area is 196 Å². The van der Waals surface area contributed by atoms with Crippen molar-refractivity contribution in [2.75, 3.05) is 24.3 Å². The Morgan fingerprint density at radius 2 is 1.91 bits per heavy atom. The van der Waals surface area contributed by atoms with E-state index in [-0.39, 0.29) is 29.2 Å². The average Bonchev–Trinajstić information content (AvgIpc) is 3.35. The monoisotopic (exact) mass is 490 g/mol. The predicted octanol–water partition coefficient (Wildman–Crippen LogP) is 3.63. The molecule has 1 saturated heterocycles. The molecule has 1 aliphatic rings. The van der Waals surface area contributed by atoms with Crippen molar-refractivity contribution in [3.63, 3.8) is 0 Å². The maximum atomic E-state index is 12.8. The molecule has 7 nitrogen and oxygen atoms in total. The summed E-state index contributed by atoms with van der Waals surface area (Å²) in [5.41, 5.74) is 2.83. The van der Waals surface area contributed by atoms with E-state index in [2.05, 4.69) is 10.2 Å². The van der Waals surface area contributed by atoms with Crippen LogP contribution in [0.1, 0.15) is 12.0 Å². The van der Waals surface area contributed by atoms with E-state index < -0.39 is 9.84 Å². The van der Waals surface area contributed by atoms with E-state index in [9.17, 15) is 13.2 Å². The molecule has 3 aromatic rings. The van der Waals surface area contributed by atoms with Crippen molar-refractivity contribution in [3.05, 3.63) is 59.1 Å². The van der Waals surface area contributed by atoms with Crippen LogP contribution >= 0.6 is 23.4 Å². The van der Waals surface area contributed by atoms with Crippen LogP contribution in [0.4, 0.5) is 0 Å². The molecule has 0 aliphatic carbocycles. The first-order valence-electron chi connectivity index (χ1n) is 10.1. The third-order valence-corrected chi connectivity index (χ3v) is 8.48. The number of carbonyl (C=O) groups excluding carboxylic acids is 1. The molecule has 0 bridgehead atoms. The van der Waals surface area contributed by atoms with E-state index >= 15 is 0 Å². The molecule has 2 aromatic carbocycles. The topological polar surface area (TPSA) is 85.2 Å². The van der Waals surface area contributed by atoms with Crippen LogP contribution in [0, 0.1) is 6.92 Å². The van der Waals surface area contributed by atoms with Crippen LogP contribution in [-0.2, 0) is 14.6 Å². The zero-order valence-corrected chi connectivity index (χ0v) is 20.1. The SMILES string of the molecule is Cc1ccccc1-n1c(SCC(=O)N(C)[C@H]2CCS(=O)(=O)C2)nnc1-c1ccc(Cl)cc1. The summed E-state index contributed by atoms with van der Waals surface area (Å²) in [6.45, 7) is 2.01. The van der Waals surface area contributed by atoms with Gasteiger partial charge in [0, 0.05) is 23.7 Å². The minimum atomic E-state index is -3.06. The number of halogens is 1. The number of hydrogen-bond donors (Lipinski definition) is 0. The Kier molecular flexibility index (Phi) is 6.60. The van der Waals surface area contributed by atoms with Crippen molar-refractivity contribution < 1.29 is 13.2 Å². The first-order valence-corrected chi connectivity index (χ1v) is 13.3. The number of benzene rings is 2. The second-order valence-electron chi connectivity index (χ2n) is 7.79. The first-order chi connectivity index (χ1) is 15.2. The van der Waals surface area contributed by atoms with Gasteiger partial charge < -0.3 is 4.90 Å². The first kappa shape index (κ1) is 22.8. The van der Waals surface area contributed by atoms with Gasteiger partial charge in [0.15, 0.2) is 20.8 Å². The molecule has 0 spiro atoms. The molecule has 1 fully saturated rings. The van der Waals surface area contributed by atoms with Crippen LogP contribution < -0.4 is 0 Å². The summed E-state index contributed by atoms with van der Waals surface area (Å²) in [4.78, 5) is 14.3. The number of carbonyl (C=O) groups is 1. The van der Waals surface area contributed by atoms with Crippen LogP contribution in [0.25, 0.3) is 17.1 Å². The van der Waals surface area contributed by atoms with Gasteiger partial charge in [0.2, 0.25) is 5.91 Å². The van der Waals surface area contributed by atoms with Crippen LogP contribution in [0.15, 0.2) is 53.7 Å².